The third kappa shape index (κ3) is 2.87. The van der Waals surface area contributed by atoms with Crippen LogP contribution in [0, 0.1) is 6.92 Å². The van der Waals surface area contributed by atoms with E-state index in [1.165, 1.54) is 0 Å². The first-order valence-electron chi connectivity index (χ1n) is 7.76. The van der Waals surface area contributed by atoms with Gasteiger partial charge in [0.25, 0.3) is 5.56 Å². The van der Waals surface area contributed by atoms with Gasteiger partial charge in [0, 0.05) is 16.4 Å². The Morgan fingerprint density at radius 3 is 2.64 bits per heavy atom. The molecule has 0 bridgehead atoms. The van der Waals surface area contributed by atoms with Crippen LogP contribution in [0.3, 0.4) is 0 Å². The Morgan fingerprint density at radius 1 is 1.12 bits per heavy atom. The lowest BCUT2D eigenvalue weighted by Crippen LogP contribution is -2.20. The Bertz CT molecular complexity index is 1150. The molecule has 126 valence electrons. The number of benzene rings is 2. The first-order valence-corrected chi connectivity index (χ1v) is 9.54. The van der Waals surface area contributed by atoms with Crippen molar-refractivity contribution in [3.63, 3.8) is 0 Å². The molecule has 0 amide bonds. The molecule has 0 N–H and O–H groups in total. The van der Waals surface area contributed by atoms with Gasteiger partial charge in [0.15, 0.2) is 0 Å². The summed E-state index contributed by atoms with van der Waals surface area (Å²) in [5, 5.41) is 9.24. The van der Waals surface area contributed by atoms with Crippen molar-refractivity contribution in [3.05, 3.63) is 68.7 Å². The Kier molecular flexibility index (Phi) is 4.13. The molecule has 0 spiro atoms. The molecule has 0 aliphatic heterocycles. The molecule has 0 saturated heterocycles. The van der Waals surface area contributed by atoms with Crippen LogP contribution in [0.1, 0.15) is 11.4 Å². The topological polar surface area (TPSA) is 52.2 Å². The maximum Gasteiger partial charge on any atom is 0.262 e. The Balaban J connectivity index is 1.83. The van der Waals surface area contributed by atoms with Crippen molar-refractivity contribution in [3.8, 4) is 0 Å². The molecule has 2 aromatic carbocycles. The van der Waals surface area contributed by atoms with Gasteiger partial charge in [0.2, 0.25) is 5.78 Å². The van der Waals surface area contributed by atoms with Gasteiger partial charge < -0.3 is 0 Å². The highest BCUT2D eigenvalue weighted by atomic mass is 79.9. The fraction of sp³-hybridized carbons (Fsp3) is 0.167. The molecule has 0 unspecified atom stereocenters. The van der Waals surface area contributed by atoms with E-state index in [-0.39, 0.29) is 5.56 Å². The predicted octanol–water partition coefficient (Wildman–Crippen LogP) is 3.94. The number of hydrogen-bond donors (Lipinski definition) is 0. The highest BCUT2D eigenvalue weighted by molar-refractivity contribution is 9.10. The molecule has 7 heteroatoms. The van der Waals surface area contributed by atoms with Crippen molar-refractivity contribution in [2.45, 2.75) is 17.6 Å². The van der Waals surface area contributed by atoms with Crippen LogP contribution in [0.2, 0.25) is 0 Å². The molecule has 2 aromatic heterocycles. The smallest absolute Gasteiger partial charge is 0.262 e. The summed E-state index contributed by atoms with van der Waals surface area (Å²) < 4.78 is 4.59. The number of halogens is 1. The summed E-state index contributed by atoms with van der Waals surface area (Å²) >= 11 is 5.14. The van der Waals surface area contributed by atoms with Crippen LogP contribution in [0.5, 0.6) is 0 Å². The van der Waals surface area contributed by atoms with Crippen LogP contribution in [0.25, 0.3) is 16.7 Å². The van der Waals surface area contributed by atoms with Crippen molar-refractivity contribution in [2.75, 3.05) is 0 Å². The van der Waals surface area contributed by atoms with Crippen molar-refractivity contribution >= 4 is 44.4 Å². The Hall–Kier alpha value is -2.12. The summed E-state index contributed by atoms with van der Waals surface area (Å²) in [4.78, 5) is 13.7. The summed E-state index contributed by atoms with van der Waals surface area (Å²) in [7, 11) is 1.74. The lowest BCUT2D eigenvalue weighted by Gasteiger charge is -2.08. The van der Waals surface area contributed by atoms with Gasteiger partial charge in [-0.1, -0.05) is 27.6 Å². The Labute approximate surface area is 156 Å². The summed E-state index contributed by atoms with van der Waals surface area (Å²) in [6.07, 6.45) is 0. The van der Waals surface area contributed by atoms with E-state index < -0.39 is 0 Å². The lowest BCUT2D eigenvalue weighted by atomic mass is 10.1. The predicted molar refractivity (Wildman–Crippen MR) is 104 cm³/mol. The summed E-state index contributed by atoms with van der Waals surface area (Å²) in [5.74, 6) is 2.06. The lowest BCUT2D eigenvalue weighted by molar-refractivity contribution is 0.857. The van der Waals surface area contributed by atoms with E-state index in [0.29, 0.717) is 16.9 Å². The number of fused-ring (bicyclic) bond motifs is 3. The van der Waals surface area contributed by atoms with Crippen LogP contribution in [0.4, 0.5) is 0 Å². The van der Waals surface area contributed by atoms with Gasteiger partial charge in [-0.25, -0.2) is 0 Å². The molecule has 0 saturated carbocycles. The zero-order chi connectivity index (χ0) is 17.6. The minimum absolute atomic E-state index is 0.0503. The largest absolute Gasteiger partial charge is 0.279 e. The fourth-order valence-electron chi connectivity index (χ4n) is 2.83. The van der Waals surface area contributed by atoms with E-state index >= 15 is 0 Å². The van der Waals surface area contributed by atoms with Gasteiger partial charge in [-0.2, -0.15) is 0 Å². The molecule has 0 aliphatic carbocycles. The molecule has 2 heterocycles. The summed E-state index contributed by atoms with van der Waals surface area (Å²) in [5.41, 5.74) is 1.86. The number of aromatic nitrogens is 4. The average molecular weight is 415 g/mol. The highest BCUT2D eigenvalue weighted by Gasteiger charge is 2.15. The number of thioether (sulfide) groups is 1. The average Bonchev–Trinajstić information content (AvgIpc) is 3.03. The molecule has 0 fully saturated rings. The number of aryl methyl sites for hydroxylation is 2. The van der Waals surface area contributed by atoms with E-state index in [1.807, 2.05) is 41.7 Å². The van der Waals surface area contributed by atoms with Gasteiger partial charge in [-0.15, -0.1) is 22.0 Å². The Morgan fingerprint density at radius 2 is 1.88 bits per heavy atom. The minimum atomic E-state index is -0.0503. The first kappa shape index (κ1) is 16.4. The SMILES string of the molecule is Cc1ccc2c(c1)c(=O)n(C)c1nnc(CSc3ccc(Br)cc3)n21. The second-order valence-corrected chi connectivity index (χ2v) is 7.84. The van der Waals surface area contributed by atoms with Gasteiger partial charge in [-0.3, -0.25) is 13.8 Å². The van der Waals surface area contributed by atoms with Crippen molar-refractivity contribution in [1.82, 2.24) is 19.2 Å². The summed E-state index contributed by atoms with van der Waals surface area (Å²) in [6, 6.07) is 14.1. The maximum atomic E-state index is 12.6. The fourth-order valence-corrected chi connectivity index (χ4v) is 3.91. The normalized spacial score (nSPS) is 11.5. The standard InChI is InChI=1S/C18H15BrN4OS/c1-11-3-8-15-14(9-11)17(24)22(2)18-21-20-16(23(15)18)10-25-13-6-4-12(19)5-7-13/h3-9H,10H2,1-2H3. The monoisotopic (exact) mass is 414 g/mol. The second-order valence-electron chi connectivity index (χ2n) is 5.88. The van der Waals surface area contributed by atoms with Crippen molar-refractivity contribution in [1.29, 1.82) is 0 Å². The molecule has 25 heavy (non-hydrogen) atoms. The first-order chi connectivity index (χ1) is 12.0. The van der Waals surface area contributed by atoms with E-state index in [2.05, 4.69) is 38.3 Å². The zero-order valence-corrected chi connectivity index (χ0v) is 16.1. The second kappa shape index (κ2) is 6.31. The van der Waals surface area contributed by atoms with Gasteiger partial charge >= 0.3 is 0 Å². The molecule has 5 nitrogen and oxygen atoms in total. The summed E-state index contributed by atoms with van der Waals surface area (Å²) in [6.45, 7) is 1.99. The molecule has 0 atom stereocenters. The molecule has 4 rings (SSSR count). The van der Waals surface area contributed by atoms with Crippen LogP contribution in [-0.4, -0.2) is 19.2 Å². The quantitative estimate of drug-likeness (QED) is 0.476. The van der Waals surface area contributed by atoms with Crippen LogP contribution >= 0.6 is 27.7 Å². The van der Waals surface area contributed by atoms with E-state index in [1.54, 1.807) is 23.4 Å². The third-order valence-corrected chi connectivity index (χ3v) is 5.66. The number of nitrogens with zero attached hydrogens (tertiary/aromatic N) is 4. The number of rotatable bonds is 3. The van der Waals surface area contributed by atoms with Gasteiger partial charge in [-0.05, 0) is 43.3 Å². The van der Waals surface area contributed by atoms with Gasteiger partial charge in [0.1, 0.15) is 5.82 Å². The molecular formula is C18H15BrN4OS. The number of hydrogen-bond acceptors (Lipinski definition) is 4. The van der Waals surface area contributed by atoms with E-state index in [9.17, 15) is 4.79 Å². The van der Waals surface area contributed by atoms with Crippen LogP contribution < -0.4 is 5.56 Å². The molecular weight excluding hydrogens is 400 g/mol. The molecule has 0 aliphatic rings. The third-order valence-electron chi connectivity index (χ3n) is 4.12. The zero-order valence-electron chi connectivity index (χ0n) is 13.7. The van der Waals surface area contributed by atoms with Gasteiger partial charge in [0.05, 0.1) is 16.7 Å². The van der Waals surface area contributed by atoms with Crippen LogP contribution in [0.15, 0.2) is 56.6 Å². The molecule has 4 aromatic rings. The highest BCUT2D eigenvalue weighted by Crippen LogP contribution is 2.25. The minimum Gasteiger partial charge on any atom is -0.279 e. The van der Waals surface area contributed by atoms with Crippen LogP contribution in [-0.2, 0) is 12.8 Å². The molecule has 0 radical (unpaired) electrons. The van der Waals surface area contributed by atoms with E-state index in [4.69, 9.17) is 0 Å². The van der Waals surface area contributed by atoms with E-state index in [0.717, 1.165) is 26.3 Å². The maximum absolute atomic E-state index is 12.6. The van der Waals surface area contributed by atoms with Crippen molar-refractivity contribution < 1.29 is 0 Å². The van der Waals surface area contributed by atoms with Crippen molar-refractivity contribution in [2.24, 2.45) is 7.05 Å².